The average Bonchev–Trinajstić information content (AvgIpc) is 3.17. The van der Waals surface area contributed by atoms with Crippen LogP contribution in [0.5, 0.6) is 0 Å². The Hall–Kier alpha value is -2.07. The highest BCUT2D eigenvalue weighted by atomic mass is 19.1. The molecule has 0 nitrogen and oxygen atoms in total. The zero-order valence-electron chi connectivity index (χ0n) is 12.7. The van der Waals surface area contributed by atoms with E-state index < -0.39 is 0 Å². The van der Waals surface area contributed by atoms with Crippen molar-refractivity contribution in [3.63, 3.8) is 0 Å². The fourth-order valence-electron chi connectivity index (χ4n) is 2.62. The lowest BCUT2D eigenvalue weighted by Crippen LogP contribution is -1.90. The van der Waals surface area contributed by atoms with Gasteiger partial charge in [0, 0.05) is 11.1 Å². The van der Waals surface area contributed by atoms with Gasteiger partial charge >= 0.3 is 0 Å². The Morgan fingerprint density at radius 1 is 0.952 bits per heavy atom. The molecule has 2 unspecified atom stereocenters. The zero-order chi connectivity index (χ0) is 15.0. The van der Waals surface area contributed by atoms with E-state index in [1.165, 1.54) is 11.1 Å². The third-order valence-electron chi connectivity index (χ3n) is 4.37. The van der Waals surface area contributed by atoms with E-state index in [1.54, 1.807) is 6.07 Å². The standard InChI is InChI=1S/C20H19F/c1-13-4-5-16(10-14(13)2)6-7-17-8-9-18(20(21)12-17)19-11-15(19)3/h4-5,8-10,12,15,19H,11H2,1-3H3. The second kappa shape index (κ2) is 5.37. The van der Waals surface area contributed by atoms with Crippen molar-refractivity contribution in [1.29, 1.82) is 0 Å². The summed E-state index contributed by atoms with van der Waals surface area (Å²) < 4.78 is 14.1. The van der Waals surface area contributed by atoms with Crippen LogP contribution in [0.2, 0.25) is 0 Å². The van der Waals surface area contributed by atoms with Crippen LogP contribution in [-0.2, 0) is 0 Å². The fourth-order valence-corrected chi connectivity index (χ4v) is 2.62. The van der Waals surface area contributed by atoms with Crippen LogP contribution in [0.1, 0.15) is 47.1 Å². The van der Waals surface area contributed by atoms with Gasteiger partial charge in [-0.15, -0.1) is 0 Å². The van der Waals surface area contributed by atoms with Crippen molar-refractivity contribution >= 4 is 0 Å². The second-order valence-electron chi connectivity index (χ2n) is 6.10. The van der Waals surface area contributed by atoms with E-state index in [-0.39, 0.29) is 5.82 Å². The van der Waals surface area contributed by atoms with Crippen LogP contribution in [0.4, 0.5) is 4.39 Å². The molecule has 2 aromatic carbocycles. The first-order chi connectivity index (χ1) is 10.0. The van der Waals surface area contributed by atoms with Gasteiger partial charge in [-0.25, -0.2) is 4.39 Å². The summed E-state index contributed by atoms with van der Waals surface area (Å²) in [6.07, 6.45) is 1.10. The maximum Gasteiger partial charge on any atom is 0.127 e. The van der Waals surface area contributed by atoms with Gasteiger partial charge in [0.05, 0.1) is 0 Å². The van der Waals surface area contributed by atoms with Gasteiger partial charge in [0.25, 0.3) is 0 Å². The van der Waals surface area contributed by atoms with E-state index >= 15 is 0 Å². The summed E-state index contributed by atoms with van der Waals surface area (Å²) in [4.78, 5) is 0. The predicted molar refractivity (Wildman–Crippen MR) is 84.8 cm³/mol. The Morgan fingerprint density at radius 3 is 2.14 bits per heavy atom. The van der Waals surface area contributed by atoms with Gasteiger partial charge in [-0.3, -0.25) is 0 Å². The smallest absolute Gasteiger partial charge is 0.127 e. The van der Waals surface area contributed by atoms with Gasteiger partial charge in [0.2, 0.25) is 0 Å². The van der Waals surface area contributed by atoms with Gasteiger partial charge in [-0.1, -0.05) is 30.9 Å². The van der Waals surface area contributed by atoms with E-state index in [0.717, 1.165) is 23.1 Å². The van der Waals surface area contributed by atoms with Crippen molar-refractivity contribution in [2.75, 3.05) is 0 Å². The highest BCUT2D eigenvalue weighted by Crippen LogP contribution is 2.47. The Labute approximate surface area is 126 Å². The zero-order valence-corrected chi connectivity index (χ0v) is 12.7. The maximum atomic E-state index is 14.1. The molecule has 106 valence electrons. The van der Waals surface area contributed by atoms with Gasteiger partial charge in [-0.05, 0) is 73.1 Å². The Kier molecular flexibility index (Phi) is 3.55. The second-order valence-corrected chi connectivity index (χ2v) is 6.10. The van der Waals surface area contributed by atoms with Gasteiger partial charge in [0.15, 0.2) is 0 Å². The molecular formula is C20H19F. The van der Waals surface area contributed by atoms with Crippen LogP contribution in [0.3, 0.4) is 0 Å². The SMILES string of the molecule is Cc1ccc(C#Cc2ccc(C3CC3C)c(F)c2)cc1C. The molecule has 0 saturated heterocycles. The number of hydrogen-bond acceptors (Lipinski definition) is 0. The van der Waals surface area contributed by atoms with E-state index in [2.05, 4.69) is 44.7 Å². The molecular weight excluding hydrogens is 259 g/mol. The number of rotatable bonds is 1. The van der Waals surface area contributed by atoms with E-state index in [0.29, 0.717) is 11.8 Å². The lowest BCUT2D eigenvalue weighted by atomic mass is 10.0. The molecule has 0 heterocycles. The van der Waals surface area contributed by atoms with Gasteiger partial charge in [-0.2, -0.15) is 0 Å². The molecule has 2 atom stereocenters. The van der Waals surface area contributed by atoms with Crippen LogP contribution in [0.25, 0.3) is 0 Å². The van der Waals surface area contributed by atoms with Crippen LogP contribution in [0.15, 0.2) is 36.4 Å². The van der Waals surface area contributed by atoms with Gasteiger partial charge in [0.1, 0.15) is 5.82 Å². The van der Waals surface area contributed by atoms with Crippen molar-refractivity contribution in [1.82, 2.24) is 0 Å². The largest absolute Gasteiger partial charge is 0.207 e. The first-order valence-corrected chi connectivity index (χ1v) is 7.43. The molecule has 0 N–H and O–H groups in total. The van der Waals surface area contributed by atoms with Crippen molar-refractivity contribution < 1.29 is 4.39 Å². The molecule has 2 aromatic rings. The molecule has 0 bridgehead atoms. The molecule has 21 heavy (non-hydrogen) atoms. The molecule has 1 aliphatic carbocycles. The first kappa shape index (κ1) is 13.9. The first-order valence-electron chi connectivity index (χ1n) is 7.43. The van der Waals surface area contributed by atoms with E-state index in [1.807, 2.05) is 18.2 Å². The third kappa shape index (κ3) is 3.00. The molecule has 1 fully saturated rings. The lowest BCUT2D eigenvalue weighted by molar-refractivity contribution is 0.607. The molecule has 1 aliphatic rings. The third-order valence-corrected chi connectivity index (χ3v) is 4.37. The fraction of sp³-hybridized carbons (Fsp3) is 0.300. The molecule has 0 aliphatic heterocycles. The molecule has 0 amide bonds. The normalized spacial score (nSPS) is 19.8. The summed E-state index contributed by atoms with van der Waals surface area (Å²) in [7, 11) is 0. The van der Waals surface area contributed by atoms with Crippen LogP contribution in [0, 0.1) is 37.4 Å². The summed E-state index contributed by atoms with van der Waals surface area (Å²) in [5, 5.41) is 0. The Balaban J connectivity index is 1.84. The quantitative estimate of drug-likeness (QED) is 0.646. The summed E-state index contributed by atoms with van der Waals surface area (Å²) in [5.74, 6) is 7.08. The van der Waals surface area contributed by atoms with Crippen LogP contribution < -0.4 is 0 Å². The number of halogens is 1. The summed E-state index contributed by atoms with van der Waals surface area (Å²) >= 11 is 0. The summed E-state index contributed by atoms with van der Waals surface area (Å²) in [6, 6.07) is 11.5. The summed E-state index contributed by atoms with van der Waals surface area (Å²) in [5.41, 5.74) is 5.04. The van der Waals surface area contributed by atoms with Crippen molar-refractivity contribution in [2.24, 2.45) is 5.92 Å². The molecule has 1 saturated carbocycles. The topological polar surface area (TPSA) is 0 Å². The highest BCUT2D eigenvalue weighted by Gasteiger charge is 2.35. The highest BCUT2D eigenvalue weighted by molar-refractivity contribution is 5.46. The number of aryl methyl sites for hydroxylation is 2. The minimum atomic E-state index is -0.115. The maximum absolute atomic E-state index is 14.1. The van der Waals surface area contributed by atoms with Crippen molar-refractivity contribution in [3.05, 3.63) is 70.0 Å². The number of hydrogen-bond donors (Lipinski definition) is 0. The lowest BCUT2D eigenvalue weighted by Gasteiger charge is -2.02. The Morgan fingerprint density at radius 2 is 1.57 bits per heavy atom. The molecule has 0 radical (unpaired) electrons. The molecule has 0 aromatic heterocycles. The molecule has 3 rings (SSSR count). The monoisotopic (exact) mass is 278 g/mol. The minimum absolute atomic E-state index is 0.115. The average molecular weight is 278 g/mol. The van der Waals surface area contributed by atoms with E-state index in [4.69, 9.17) is 0 Å². The van der Waals surface area contributed by atoms with Crippen LogP contribution in [-0.4, -0.2) is 0 Å². The minimum Gasteiger partial charge on any atom is -0.207 e. The van der Waals surface area contributed by atoms with Crippen LogP contribution >= 0.6 is 0 Å². The predicted octanol–water partition coefficient (Wildman–Crippen LogP) is 4.97. The van der Waals surface area contributed by atoms with Crippen molar-refractivity contribution in [2.45, 2.75) is 33.1 Å². The Bertz CT molecular complexity index is 746. The molecule has 0 spiro atoms. The van der Waals surface area contributed by atoms with Crippen molar-refractivity contribution in [3.8, 4) is 11.8 Å². The molecule has 1 heteroatoms. The summed E-state index contributed by atoms with van der Waals surface area (Å²) in [6.45, 7) is 6.32. The van der Waals surface area contributed by atoms with Gasteiger partial charge < -0.3 is 0 Å². The van der Waals surface area contributed by atoms with E-state index in [9.17, 15) is 4.39 Å². The number of benzene rings is 2.